The Bertz CT molecular complexity index is 469. The van der Waals surface area contributed by atoms with E-state index in [1.807, 2.05) is 6.07 Å². The van der Waals surface area contributed by atoms with Gasteiger partial charge in [-0.15, -0.1) is 12.4 Å². The van der Waals surface area contributed by atoms with Gasteiger partial charge >= 0.3 is 0 Å². The number of hydrogen-bond donors (Lipinski definition) is 1. The van der Waals surface area contributed by atoms with Crippen molar-refractivity contribution in [3.8, 4) is 11.5 Å². The summed E-state index contributed by atoms with van der Waals surface area (Å²) in [6.45, 7) is 6.59. The number of methoxy groups -OCH3 is 2. The summed E-state index contributed by atoms with van der Waals surface area (Å²) >= 11 is 6.27. The lowest BCUT2D eigenvalue weighted by molar-refractivity contribution is 0.0374. The Morgan fingerprint density at radius 1 is 1.17 bits per heavy atom. The molecule has 0 radical (unpaired) electrons. The molecule has 1 saturated heterocycles. The molecule has 0 saturated carbocycles. The van der Waals surface area contributed by atoms with Crippen molar-refractivity contribution in [2.45, 2.75) is 13.0 Å². The minimum atomic E-state index is 0. The van der Waals surface area contributed by atoms with E-state index in [2.05, 4.69) is 10.2 Å². The van der Waals surface area contributed by atoms with Gasteiger partial charge in [-0.1, -0.05) is 11.6 Å². The zero-order chi connectivity index (χ0) is 15.8. The molecule has 0 aromatic heterocycles. The molecular formula is C16H26Cl2N2O3. The molecule has 23 heavy (non-hydrogen) atoms. The van der Waals surface area contributed by atoms with Crippen LogP contribution in [0, 0.1) is 0 Å². The Balaban J connectivity index is 0.00000264. The van der Waals surface area contributed by atoms with Crippen molar-refractivity contribution in [1.29, 1.82) is 0 Å². The second-order valence-electron chi connectivity index (χ2n) is 5.28. The van der Waals surface area contributed by atoms with E-state index in [4.69, 9.17) is 25.8 Å². The third-order valence-electron chi connectivity index (χ3n) is 3.80. The molecule has 2 rings (SSSR count). The van der Waals surface area contributed by atoms with Gasteiger partial charge in [-0.2, -0.15) is 0 Å². The number of ether oxygens (including phenoxy) is 3. The molecule has 1 aromatic rings. The lowest BCUT2D eigenvalue weighted by atomic mass is 10.2. The first-order chi connectivity index (χ1) is 10.7. The number of benzene rings is 1. The van der Waals surface area contributed by atoms with Gasteiger partial charge in [0.15, 0.2) is 11.5 Å². The molecule has 0 atom stereocenters. The van der Waals surface area contributed by atoms with Crippen LogP contribution in [0.3, 0.4) is 0 Å². The quantitative estimate of drug-likeness (QED) is 0.718. The summed E-state index contributed by atoms with van der Waals surface area (Å²) in [5.41, 5.74) is 1.02. The monoisotopic (exact) mass is 364 g/mol. The van der Waals surface area contributed by atoms with Crippen molar-refractivity contribution in [3.63, 3.8) is 0 Å². The highest BCUT2D eigenvalue weighted by atomic mass is 35.5. The van der Waals surface area contributed by atoms with E-state index in [-0.39, 0.29) is 12.4 Å². The van der Waals surface area contributed by atoms with Gasteiger partial charge in [0.2, 0.25) is 0 Å². The summed E-state index contributed by atoms with van der Waals surface area (Å²) < 4.78 is 15.9. The van der Waals surface area contributed by atoms with Gasteiger partial charge in [0.1, 0.15) is 0 Å². The molecular weight excluding hydrogens is 339 g/mol. The molecule has 0 aliphatic carbocycles. The van der Waals surface area contributed by atoms with E-state index < -0.39 is 0 Å². The Morgan fingerprint density at radius 3 is 2.48 bits per heavy atom. The molecule has 1 aromatic carbocycles. The Morgan fingerprint density at radius 2 is 1.83 bits per heavy atom. The molecule has 1 aliphatic heterocycles. The SMILES string of the molecule is COc1cc(Cl)c(CNCCCN2CCOCC2)cc1OC.Cl. The number of hydrogen-bond acceptors (Lipinski definition) is 5. The number of nitrogens with one attached hydrogen (secondary N) is 1. The standard InChI is InChI=1S/C16H25ClN2O3.ClH/c1-20-15-10-13(14(17)11-16(15)21-2)12-18-4-3-5-19-6-8-22-9-7-19;/h10-11,18H,3-9,12H2,1-2H3;1H. The van der Waals surface area contributed by atoms with Gasteiger partial charge in [-0.25, -0.2) is 0 Å². The third-order valence-corrected chi connectivity index (χ3v) is 4.15. The Labute approximate surface area is 149 Å². The summed E-state index contributed by atoms with van der Waals surface area (Å²) in [5.74, 6) is 1.36. The normalized spacial score (nSPS) is 15.1. The van der Waals surface area contributed by atoms with E-state index >= 15 is 0 Å². The molecule has 1 N–H and O–H groups in total. The van der Waals surface area contributed by atoms with Crippen LogP contribution in [0.25, 0.3) is 0 Å². The molecule has 7 heteroatoms. The second kappa shape index (κ2) is 10.9. The molecule has 1 heterocycles. The van der Waals surface area contributed by atoms with Crippen LogP contribution >= 0.6 is 24.0 Å². The maximum Gasteiger partial charge on any atom is 0.162 e. The first-order valence-corrected chi connectivity index (χ1v) is 8.03. The van der Waals surface area contributed by atoms with E-state index in [1.54, 1.807) is 20.3 Å². The summed E-state index contributed by atoms with van der Waals surface area (Å²) in [6, 6.07) is 3.72. The Kier molecular flexibility index (Phi) is 9.67. The average molecular weight is 365 g/mol. The highest BCUT2D eigenvalue weighted by molar-refractivity contribution is 6.31. The third kappa shape index (κ3) is 6.36. The fourth-order valence-electron chi connectivity index (χ4n) is 2.51. The minimum Gasteiger partial charge on any atom is -0.493 e. The van der Waals surface area contributed by atoms with Crippen molar-refractivity contribution in [3.05, 3.63) is 22.7 Å². The highest BCUT2D eigenvalue weighted by Crippen LogP contribution is 2.32. The fraction of sp³-hybridized carbons (Fsp3) is 0.625. The molecule has 5 nitrogen and oxygen atoms in total. The fourth-order valence-corrected chi connectivity index (χ4v) is 2.73. The van der Waals surface area contributed by atoms with E-state index in [1.165, 1.54) is 0 Å². The largest absolute Gasteiger partial charge is 0.493 e. The number of rotatable bonds is 8. The topological polar surface area (TPSA) is 43.0 Å². The van der Waals surface area contributed by atoms with E-state index in [0.717, 1.165) is 57.9 Å². The lowest BCUT2D eigenvalue weighted by Crippen LogP contribution is -2.37. The Hall–Kier alpha value is -0.720. The van der Waals surface area contributed by atoms with Crippen molar-refractivity contribution in [2.24, 2.45) is 0 Å². The molecule has 0 amide bonds. The maximum absolute atomic E-state index is 6.27. The zero-order valence-electron chi connectivity index (χ0n) is 13.8. The smallest absolute Gasteiger partial charge is 0.162 e. The van der Waals surface area contributed by atoms with Crippen LogP contribution in [0.2, 0.25) is 5.02 Å². The predicted molar refractivity (Wildman–Crippen MR) is 95.4 cm³/mol. The predicted octanol–water partition coefficient (Wildman–Crippen LogP) is 2.59. The van der Waals surface area contributed by atoms with Crippen LogP contribution in [0.1, 0.15) is 12.0 Å². The second-order valence-corrected chi connectivity index (χ2v) is 5.69. The highest BCUT2D eigenvalue weighted by Gasteiger charge is 2.11. The summed E-state index contributed by atoms with van der Waals surface area (Å²) in [4.78, 5) is 2.44. The van der Waals surface area contributed by atoms with Crippen LogP contribution in [0.15, 0.2) is 12.1 Å². The molecule has 0 bridgehead atoms. The van der Waals surface area contributed by atoms with Gasteiger partial charge in [-0.05, 0) is 31.1 Å². The van der Waals surface area contributed by atoms with Crippen LogP contribution in [0.4, 0.5) is 0 Å². The zero-order valence-corrected chi connectivity index (χ0v) is 15.3. The van der Waals surface area contributed by atoms with E-state index in [9.17, 15) is 0 Å². The van der Waals surface area contributed by atoms with Crippen molar-refractivity contribution in [1.82, 2.24) is 10.2 Å². The van der Waals surface area contributed by atoms with E-state index in [0.29, 0.717) is 16.5 Å². The van der Waals surface area contributed by atoms with Crippen molar-refractivity contribution >= 4 is 24.0 Å². The molecule has 132 valence electrons. The van der Waals surface area contributed by atoms with Gasteiger partial charge in [0.25, 0.3) is 0 Å². The van der Waals surface area contributed by atoms with Gasteiger partial charge in [-0.3, -0.25) is 4.90 Å². The first-order valence-electron chi connectivity index (χ1n) is 7.66. The minimum absolute atomic E-state index is 0. The first kappa shape index (κ1) is 20.3. The number of nitrogens with zero attached hydrogens (tertiary/aromatic N) is 1. The van der Waals surface area contributed by atoms with Crippen LogP contribution in [-0.4, -0.2) is 58.5 Å². The molecule has 0 unspecified atom stereocenters. The number of morpholine rings is 1. The molecule has 1 fully saturated rings. The number of halogens is 2. The van der Waals surface area contributed by atoms with Crippen LogP contribution < -0.4 is 14.8 Å². The summed E-state index contributed by atoms with van der Waals surface area (Å²) in [7, 11) is 3.24. The summed E-state index contributed by atoms with van der Waals surface area (Å²) in [6.07, 6.45) is 1.12. The van der Waals surface area contributed by atoms with Crippen molar-refractivity contribution < 1.29 is 14.2 Å². The van der Waals surface area contributed by atoms with Crippen LogP contribution in [-0.2, 0) is 11.3 Å². The van der Waals surface area contributed by atoms with Crippen molar-refractivity contribution in [2.75, 3.05) is 53.6 Å². The average Bonchev–Trinajstić information content (AvgIpc) is 2.56. The van der Waals surface area contributed by atoms with Gasteiger partial charge < -0.3 is 19.5 Å². The van der Waals surface area contributed by atoms with Crippen LogP contribution in [0.5, 0.6) is 11.5 Å². The lowest BCUT2D eigenvalue weighted by Gasteiger charge is -2.26. The van der Waals surface area contributed by atoms with Gasteiger partial charge in [0, 0.05) is 30.7 Å². The van der Waals surface area contributed by atoms with Gasteiger partial charge in [0.05, 0.1) is 27.4 Å². The maximum atomic E-state index is 6.27. The molecule has 0 spiro atoms. The molecule has 1 aliphatic rings. The summed E-state index contributed by atoms with van der Waals surface area (Å²) in [5, 5.41) is 4.13.